The summed E-state index contributed by atoms with van der Waals surface area (Å²) in [5, 5.41) is 9.87. The second-order valence-corrected chi connectivity index (χ2v) is 5.00. The predicted molar refractivity (Wildman–Crippen MR) is 75.4 cm³/mol. The standard InChI is InChI=1S/C15H17N3O3/c1-20-9-13-5-14(18-21-13)15(19)17-6-10-2-3-11-7-16-8-12(11)4-10/h2-5,16H,6-9H2,1H3,(H,17,19). The van der Waals surface area contributed by atoms with E-state index in [1.165, 1.54) is 11.1 Å². The van der Waals surface area contributed by atoms with Gasteiger partial charge in [0.25, 0.3) is 5.91 Å². The average molecular weight is 287 g/mol. The fourth-order valence-corrected chi connectivity index (χ4v) is 2.36. The van der Waals surface area contributed by atoms with Crippen LogP contribution in [0.2, 0.25) is 0 Å². The molecule has 0 fully saturated rings. The van der Waals surface area contributed by atoms with Crippen LogP contribution in [0.15, 0.2) is 28.8 Å². The third-order valence-electron chi connectivity index (χ3n) is 3.43. The topological polar surface area (TPSA) is 76.4 Å². The van der Waals surface area contributed by atoms with Crippen molar-refractivity contribution in [1.29, 1.82) is 0 Å². The first-order valence-electron chi connectivity index (χ1n) is 6.80. The maximum Gasteiger partial charge on any atom is 0.273 e. The Bertz CT molecular complexity index is 651. The fourth-order valence-electron chi connectivity index (χ4n) is 2.36. The van der Waals surface area contributed by atoms with Crippen LogP contribution in [-0.2, 0) is 31.0 Å². The molecule has 110 valence electrons. The summed E-state index contributed by atoms with van der Waals surface area (Å²) in [4.78, 5) is 12.0. The summed E-state index contributed by atoms with van der Waals surface area (Å²) in [7, 11) is 1.56. The summed E-state index contributed by atoms with van der Waals surface area (Å²) in [6.45, 7) is 2.58. The summed E-state index contributed by atoms with van der Waals surface area (Å²) < 4.78 is 9.92. The first kappa shape index (κ1) is 13.8. The van der Waals surface area contributed by atoms with Gasteiger partial charge in [0.2, 0.25) is 0 Å². The maximum absolute atomic E-state index is 12.0. The minimum absolute atomic E-state index is 0.250. The summed E-state index contributed by atoms with van der Waals surface area (Å²) in [5.74, 6) is 0.283. The van der Waals surface area contributed by atoms with Gasteiger partial charge in [0, 0.05) is 32.8 Å². The van der Waals surface area contributed by atoms with Crippen LogP contribution in [0.3, 0.4) is 0 Å². The van der Waals surface area contributed by atoms with Crippen molar-refractivity contribution in [1.82, 2.24) is 15.8 Å². The van der Waals surface area contributed by atoms with Crippen molar-refractivity contribution in [3.05, 3.63) is 52.4 Å². The van der Waals surface area contributed by atoms with Gasteiger partial charge in [-0.25, -0.2) is 0 Å². The minimum atomic E-state index is -0.250. The number of hydrogen-bond donors (Lipinski definition) is 2. The molecule has 6 nitrogen and oxygen atoms in total. The Morgan fingerprint density at radius 2 is 2.24 bits per heavy atom. The van der Waals surface area contributed by atoms with Gasteiger partial charge < -0.3 is 19.9 Å². The number of benzene rings is 1. The van der Waals surface area contributed by atoms with Gasteiger partial charge >= 0.3 is 0 Å². The van der Waals surface area contributed by atoms with E-state index in [1.54, 1.807) is 13.2 Å². The molecular formula is C15H17N3O3. The van der Waals surface area contributed by atoms with Gasteiger partial charge in [0.15, 0.2) is 11.5 Å². The molecule has 0 radical (unpaired) electrons. The first-order valence-corrected chi connectivity index (χ1v) is 6.80. The number of rotatable bonds is 5. The van der Waals surface area contributed by atoms with Gasteiger partial charge in [-0.3, -0.25) is 4.79 Å². The van der Waals surface area contributed by atoms with Crippen molar-refractivity contribution in [2.75, 3.05) is 7.11 Å². The van der Waals surface area contributed by atoms with Gasteiger partial charge in [-0.1, -0.05) is 23.4 Å². The molecule has 0 aliphatic carbocycles. The van der Waals surface area contributed by atoms with E-state index in [1.807, 2.05) is 6.07 Å². The molecule has 0 saturated heterocycles. The Labute approximate surface area is 122 Å². The third kappa shape index (κ3) is 3.12. The smallest absolute Gasteiger partial charge is 0.273 e. The van der Waals surface area contributed by atoms with E-state index in [4.69, 9.17) is 9.26 Å². The monoisotopic (exact) mass is 287 g/mol. The fraction of sp³-hybridized carbons (Fsp3) is 0.333. The number of ether oxygens (including phenoxy) is 1. The van der Waals surface area contributed by atoms with Crippen LogP contribution in [0.5, 0.6) is 0 Å². The molecule has 3 rings (SSSR count). The Hall–Kier alpha value is -2.18. The van der Waals surface area contributed by atoms with E-state index >= 15 is 0 Å². The number of hydrogen-bond acceptors (Lipinski definition) is 5. The predicted octanol–water partition coefficient (Wildman–Crippen LogP) is 1.35. The molecule has 1 aromatic carbocycles. The van der Waals surface area contributed by atoms with Gasteiger partial charge in [-0.05, 0) is 16.7 Å². The SMILES string of the molecule is COCc1cc(C(=O)NCc2ccc3c(c2)CNC3)no1. The van der Waals surface area contributed by atoms with Gasteiger partial charge in [0.05, 0.1) is 0 Å². The molecule has 21 heavy (non-hydrogen) atoms. The van der Waals surface area contributed by atoms with E-state index in [0.717, 1.165) is 18.7 Å². The quantitative estimate of drug-likeness (QED) is 0.868. The normalized spacial score (nSPS) is 13.2. The molecule has 2 heterocycles. The van der Waals surface area contributed by atoms with Crippen LogP contribution >= 0.6 is 0 Å². The van der Waals surface area contributed by atoms with E-state index < -0.39 is 0 Å². The van der Waals surface area contributed by atoms with E-state index in [9.17, 15) is 4.79 Å². The number of carbonyl (C=O) groups excluding carboxylic acids is 1. The van der Waals surface area contributed by atoms with Crippen molar-refractivity contribution in [2.45, 2.75) is 26.2 Å². The second kappa shape index (κ2) is 6.07. The Kier molecular flexibility index (Phi) is 3.98. The lowest BCUT2D eigenvalue weighted by Gasteiger charge is -2.05. The van der Waals surface area contributed by atoms with Crippen molar-refractivity contribution in [2.24, 2.45) is 0 Å². The molecule has 0 unspecified atom stereocenters. The maximum atomic E-state index is 12.0. The highest BCUT2D eigenvalue weighted by molar-refractivity contribution is 5.92. The zero-order valence-corrected chi connectivity index (χ0v) is 11.8. The third-order valence-corrected chi connectivity index (χ3v) is 3.43. The first-order chi connectivity index (χ1) is 10.3. The van der Waals surface area contributed by atoms with Crippen LogP contribution < -0.4 is 10.6 Å². The molecule has 0 atom stereocenters. The molecular weight excluding hydrogens is 270 g/mol. The van der Waals surface area contributed by atoms with E-state index in [-0.39, 0.29) is 11.6 Å². The van der Waals surface area contributed by atoms with Crippen LogP contribution in [0.1, 0.15) is 32.9 Å². The molecule has 0 bridgehead atoms. The lowest BCUT2D eigenvalue weighted by molar-refractivity contribution is 0.0941. The van der Waals surface area contributed by atoms with Crippen LogP contribution in [0.4, 0.5) is 0 Å². The lowest BCUT2D eigenvalue weighted by atomic mass is 10.1. The van der Waals surface area contributed by atoms with Gasteiger partial charge in [-0.15, -0.1) is 0 Å². The average Bonchev–Trinajstić information content (AvgIpc) is 3.13. The minimum Gasteiger partial charge on any atom is -0.377 e. The molecule has 1 aliphatic rings. The van der Waals surface area contributed by atoms with Crippen LogP contribution in [0.25, 0.3) is 0 Å². The molecule has 6 heteroatoms. The van der Waals surface area contributed by atoms with Crippen molar-refractivity contribution in [3.8, 4) is 0 Å². The number of fused-ring (bicyclic) bond motifs is 1. The number of aromatic nitrogens is 1. The van der Waals surface area contributed by atoms with Crippen molar-refractivity contribution in [3.63, 3.8) is 0 Å². The number of methoxy groups -OCH3 is 1. The summed E-state index contributed by atoms with van der Waals surface area (Å²) in [6, 6.07) is 7.84. The summed E-state index contributed by atoms with van der Waals surface area (Å²) in [6.07, 6.45) is 0. The van der Waals surface area contributed by atoms with Crippen molar-refractivity contribution >= 4 is 5.91 Å². The summed E-state index contributed by atoms with van der Waals surface area (Å²) in [5.41, 5.74) is 3.97. The van der Waals surface area contributed by atoms with Crippen molar-refractivity contribution < 1.29 is 14.1 Å². The van der Waals surface area contributed by atoms with E-state index in [0.29, 0.717) is 18.9 Å². The van der Waals surface area contributed by atoms with E-state index in [2.05, 4.69) is 27.9 Å². The highest BCUT2D eigenvalue weighted by Crippen LogP contribution is 2.17. The van der Waals surface area contributed by atoms with Crippen LogP contribution in [-0.4, -0.2) is 18.2 Å². The molecule has 0 saturated carbocycles. The summed E-state index contributed by atoms with van der Waals surface area (Å²) >= 11 is 0. The Morgan fingerprint density at radius 1 is 1.38 bits per heavy atom. The van der Waals surface area contributed by atoms with Crippen LogP contribution in [0, 0.1) is 0 Å². The molecule has 0 spiro atoms. The number of nitrogens with one attached hydrogen (secondary N) is 2. The van der Waals surface area contributed by atoms with Gasteiger partial charge in [0.1, 0.15) is 6.61 Å². The molecule has 1 amide bonds. The highest BCUT2D eigenvalue weighted by atomic mass is 16.5. The number of amides is 1. The molecule has 1 aromatic heterocycles. The largest absolute Gasteiger partial charge is 0.377 e. The number of carbonyl (C=O) groups is 1. The second-order valence-electron chi connectivity index (χ2n) is 5.00. The molecule has 1 aliphatic heterocycles. The molecule has 2 N–H and O–H groups in total. The highest BCUT2D eigenvalue weighted by Gasteiger charge is 2.13. The zero-order valence-electron chi connectivity index (χ0n) is 11.8. The lowest BCUT2D eigenvalue weighted by Crippen LogP contribution is -2.23. The Morgan fingerprint density at radius 3 is 3.10 bits per heavy atom. The molecule has 2 aromatic rings. The number of nitrogens with zero attached hydrogens (tertiary/aromatic N) is 1. The zero-order chi connectivity index (χ0) is 14.7. The Balaban J connectivity index is 1.60. The van der Waals surface area contributed by atoms with Gasteiger partial charge in [-0.2, -0.15) is 0 Å².